The Morgan fingerprint density at radius 3 is 1.25 bits per heavy atom. The number of benzene rings is 4. The van der Waals surface area contributed by atoms with Crippen LogP contribution in [0.15, 0.2) is 72.8 Å². The van der Waals surface area contributed by atoms with Crippen LogP contribution in [0.4, 0.5) is 0 Å². The average Bonchev–Trinajstić information content (AvgIpc) is 3.39. The van der Waals surface area contributed by atoms with Gasteiger partial charge in [0.1, 0.15) is 122 Å². The maximum atomic E-state index is 11.4. The molecule has 0 aliphatic carbocycles. The van der Waals surface area contributed by atoms with E-state index in [0.29, 0.717) is 33.0 Å². The Morgan fingerprint density at radius 2 is 0.806 bits per heavy atom. The van der Waals surface area contributed by atoms with E-state index >= 15 is 0 Å². The lowest BCUT2D eigenvalue weighted by molar-refractivity contribution is -0.313. The Bertz CT molecular complexity index is 2810. The molecule has 0 aromatic heterocycles. The van der Waals surface area contributed by atoms with Crippen LogP contribution in [0.25, 0.3) is 21.5 Å². The molecule has 4 fully saturated rings. The quantitative estimate of drug-likeness (QED) is 0.0634. The molecule has 4 aromatic rings. The van der Waals surface area contributed by atoms with Gasteiger partial charge in [0.05, 0.1) is 19.8 Å². The van der Waals surface area contributed by atoms with Crippen LogP contribution in [0, 0.1) is 47.4 Å². The van der Waals surface area contributed by atoms with Gasteiger partial charge in [-0.2, -0.15) is 0 Å². The summed E-state index contributed by atoms with van der Waals surface area (Å²) in [7, 11) is 0. The fourth-order valence-corrected chi connectivity index (χ4v) is 8.84. The predicted molar refractivity (Wildman–Crippen MR) is 248 cm³/mol. The van der Waals surface area contributed by atoms with Gasteiger partial charge in [-0.1, -0.05) is 83.8 Å². The summed E-state index contributed by atoms with van der Waals surface area (Å²) >= 11 is 0. The highest BCUT2D eigenvalue weighted by Crippen LogP contribution is 2.30. The first-order chi connectivity index (χ1) is 34.5. The summed E-state index contributed by atoms with van der Waals surface area (Å²) in [6, 6.07) is 20.5. The van der Waals surface area contributed by atoms with Crippen molar-refractivity contribution < 1.29 is 100 Å². The fraction of sp³-hybridized carbons (Fsp3) is 0.462. The van der Waals surface area contributed by atoms with Crippen LogP contribution < -0.4 is 0 Å². The Hall–Kier alpha value is -5.16. The number of hydrogen-bond donors (Lipinski definition) is 15. The van der Waals surface area contributed by atoms with Gasteiger partial charge in [-0.15, -0.1) is 0 Å². The largest absolute Gasteiger partial charge is 0.394 e. The van der Waals surface area contributed by atoms with Crippen LogP contribution >= 0.6 is 0 Å². The summed E-state index contributed by atoms with van der Waals surface area (Å²) in [5.74, 6) is 22.5. The molecule has 4 heterocycles. The van der Waals surface area contributed by atoms with Crippen molar-refractivity contribution in [1.29, 1.82) is 0 Å². The van der Waals surface area contributed by atoms with Crippen LogP contribution in [0.2, 0.25) is 0 Å². The van der Waals surface area contributed by atoms with E-state index in [-0.39, 0.29) is 0 Å². The minimum atomic E-state index is -2.18. The van der Waals surface area contributed by atoms with Gasteiger partial charge in [0.15, 0.2) is 6.29 Å². The third kappa shape index (κ3) is 11.0. The van der Waals surface area contributed by atoms with E-state index in [1.54, 1.807) is 72.8 Å². The third-order valence-corrected chi connectivity index (χ3v) is 13.1. The molecule has 15 N–H and O–H groups in total. The molecule has 20 nitrogen and oxygen atoms in total. The molecule has 0 bridgehead atoms. The van der Waals surface area contributed by atoms with E-state index in [4.69, 9.17) is 23.7 Å². The second-order valence-corrected chi connectivity index (χ2v) is 17.8. The first-order valence-electron chi connectivity index (χ1n) is 22.9. The summed E-state index contributed by atoms with van der Waals surface area (Å²) in [5, 5.41) is 159. The van der Waals surface area contributed by atoms with Gasteiger partial charge in [0, 0.05) is 22.3 Å². The maximum Gasteiger partial charge on any atom is 0.184 e. The topological polar surface area (TPSA) is 350 Å². The Morgan fingerprint density at radius 1 is 0.417 bits per heavy atom. The minimum absolute atomic E-state index is 0.403. The number of aliphatic hydroxyl groups excluding tert-OH is 15. The molecule has 0 amide bonds. The van der Waals surface area contributed by atoms with Crippen LogP contribution in [0.1, 0.15) is 22.3 Å². The molecule has 0 saturated carbocycles. The fourth-order valence-electron chi connectivity index (χ4n) is 8.84. The maximum absolute atomic E-state index is 11.4. The molecule has 8 rings (SSSR count). The van der Waals surface area contributed by atoms with E-state index in [1.165, 1.54) is 0 Å². The zero-order valence-corrected chi connectivity index (χ0v) is 37.9. The first kappa shape index (κ1) is 53.1. The summed E-state index contributed by atoms with van der Waals surface area (Å²) < 4.78 is 28.1. The van der Waals surface area contributed by atoms with Gasteiger partial charge >= 0.3 is 0 Å². The Labute approximate surface area is 411 Å². The highest BCUT2D eigenvalue weighted by atomic mass is 16.7. The van der Waals surface area contributed by atoms with E-state index in [0.717, 1.165) is 10.8 Å². The van der Waals surface area contributed by atoms with Crippen LogP contribution in [-0.4, -0.2) is 225 Å². The van der Waals surface area contributed by atoms with Crippen molar-refractivity contribution in [2.24, 2.45) is 0 Å². The molecule has 4 aliphatic heterocycles. The van der Waals surface area contributed by atoms with Gasteiger partial charge in [-0.25, -0.2) is 0 Å². The standard InChI is InChI=1S/C52H54O20/c53-21-36-42(59)46(63)39(56)32(68-36)15-9-24-7-11-29-20-25(8-12-28(29)19-24)10-16-35-44(61)50(45(62)38(23-55)70-35)72-52(67)51-49(66)48(65)41(58)34(71-51)18-14-27-4-2-5-30-26(3-1-6-31(27)30)13-17-33-40(57)47(64)43(60)37(22-54)69-33/h1-8,11-12,19-20,32-67H,21-23H2/t32-,33-,34-,35-,36-,37-,38-,39-,40-,41-,42-,43-,44-,45-,46-,47-,48-,49+,50-,51+,52?/m1/s1. The lowest BCUT2D eigenvalue weighted by atomic mass is 9.93. The summed E-state index contributed by atoms with van der Waals surface area (Å²) in [6.45, 7) is -1.96. The van der Waals surface area contributed by atoms with Crippen molar-refractivity contribution >= 4 is 21.5 Å². The SMILES string of the molecule is OC[C@H]1O[C@H](C#Cc2ccc3cc(C#C[C@H]4O[C@H](CO)[C@@H](O)[C@H](OC(O)[C@H]5O[C@H](C#Cc6cccc7c(C#C[C@H]8O[C@H](CO)[C@@H](O)[C@H](O)[C@@H]8O)cccc67)[C@@H](O)[C@@H](O)[C@@H]5O)[C@@H]4O)ccc3c2)[C@@H](O)[C@@H](O)[C@@H]1O. The lowest BCUT2D eigenvalue weighted by Crippen LogP contribution is -2.64. The van der Waals surface area contributed by atoms with E-state index in [9.17, 15) is 76.6 Å². The highest BCUT2D eigenvalue weighted by molar-refractivity contribution is 5.92. The van der Waals surface area contributed by atoms with E-state index < -0.39 is 148 Å². The summed E-state index contributed by atoms with van der Waals surface area (Å²) in [4.78, 5) is 0. The summed E-state index contributed by atoms with van der Waals surface area (Å²) in [5.41, 5.74) is 1.85. The van der Waals surface area contributed by atoms with Crippen molar-refractivity contribution in [3.63, 3.8) is 0 Å². The number of aliphatic hydroxyl groups is 15. The minimum Gasteiger partial charge on any atom is -0.394 e. The lowest BCUT2D eigenvalue weighted by Gasteiger charge is -2.44. The molecule has 0 spiro atoms. The number of rotatable bonds is 6. The molecular weight excluding hydrogens is 945 g/mol. The first-order valence-corrected chi connectivity index (χ1v) is 22.9. The average molecular weight is 999 g/mol. The van der Waals surface area contributed by atoms with E-state index in [1.807, 2.05) is 0 Å². The van der Waals surface area contributed by atoms with Gasteiger partial charge in [0.2, 0.25) is 0 Å². The second-order valence-electron chi connectivity index (χ2n) is 17.8. The van der Waals surface area contributed by atoms with Gasteiger partial charge in [-0.05, 0) is 57.9 Å². The number of fused-ring (bicyclic) bond motifs is 2. The number of ether oxygens (including phenoxy) is 5. The van der Waals surface area contributed by atoms with Crippen LogP contribution in [0.3, 0.4) is 0 Å². The van der Waals surface area contributed by atoms with Crippen molar-refractivity contribution in [2.45, 2.75) is 128 Å². The van der Waals surface area contributed by atoms with Gasteiger partial charge in [0.25, 0.3) is 0 Å². The normalized spacial score (nSPS) is 37.2. The molecule has 382 valence electrons. The number of hydrogen-bond acceptors (Lipinski definition) is 20. The molecule has 21 atom stereocenters. The molecule has 20 heteroatoms. The molecule has 72 heavy (non-hydrogen) atoms. The summed E-state index contributed by atoms with van der Waals surface area (Å²) in [6.07, 6.45) is -33.2. The predicted octanol–water partition coefficient (Wildman–Crippen LogP) is -5.18. The van der Waals surface area contributed by atoms with Gasteiger partial charge in [-0.3, -0.25) is 0 Å². The molecular formula is C52H54O20. The van der Waals surface area contributed by atoms with Crippen LogP contribution in [-0.2, 0) is 23.7 Å². The van der Waals surface area contributed by atoms with Crippen LogP contribution in [0.5, 0.6) is 0 Å². The van der Waals surface area contributed by atoms with Crippen molar-refractivity contribution in [2.75, 3.05) is 19.8 Å². The third-order valence-electron chi connectivity index (χ3n) is 13.1. The Kier molecular flexibility index (Phi) is 16.9. The monoisotopic (exact) mass is 998 g/mol. The molecule has 4 aromatic carbocycles. The Balaban J connectivity index is 0.951. The van der Waals surface area contributed by atoms with Gasteiger partial charge < -0.3 is 100 Å². The highest BCUT2D eigenvalue weighted by Gasteiger charge is 2.51. The second kappa shape index (κ2) is 22.9. The smallest absolute Gasteiger partial charge is 0.184 e. The van der Waals surface area contributed by atoms with Crippen molar-refractivity contribution in [3.8, 4) is 47.4 Å². The molecule has 4 saturated heterocycles. The zero-order valence-electron chi connectivity index (χ0n) is 37.9. The zero-order chi connectivity index (χ0) is 51.5. The van der Waals surface area contributed by atoms with Crippen molar-refractivity contribution in [1.82, 2.24) is 0 Å². The molecule has 1 unspecified atom stereocenters. The van der Waals surface area contributed by atoms with E-state index in [2.05, 4.69) is 47.4 Å². The van der Waals surface area contributed by atoms with Crippen molar-refractivity contribution in [3.05, 3.63) is 95.1 Å². The molecule has 4 aliphatic rings. The molecule has 0 radical (unpaired) electrons.